The van der Waals surface area contributed by atoms with Crippen molar-refractivity contribution < 1.29 is 9.53 Å². The molecule has 0 unspecified atom stereocenters. The van der Waals surface area contributed by atoms with Crippen molar-refractivity contribution in [2.24, 2.45) is 0 Å². The maximum Gasteiger partial charge on any atom is 0.409 e. The van der Waals surface area contributed by atoms with Crippen LogP contribution < -0.4 is 0 Å². The summed E-state index contributed by atoms with van der Waals surface area (Å²) >= 11 is 5.94. The van der Waals surface area contributed by atoms with E-state index in [-0.39, 0.29) is 6.09 Å². The first-order valence-electron chi connectivity index (χ1n) is 9.77. The summed E-state index contributed by atoms with van der Waals surface area (Å²) in [6, 6.07) is 6.69. The van der Waals surface area contributed by atoms with Crippen molar-refractivity contribution in [1.29, 1.82) is 5.26 Å². The number of carbonyl (C=O) groups excluding carboxylic acids is 1. The molecule has 1 aromatic heterocycles. The van der Waals surface area contributed by atoms with Crippen LogP contribution in [0.5, 0.6) is 0 Å². The smallest absolute Gasteiger partial charge is 0.409 e. The molecule has 27 heavy (non-hydrogen) atoms. The van der Waals surface area contributed by atoms with Gasteiger partial charge in [0, 0.05) is 38.4 Å². The van der Waals surface area contributed by atoms with E-state index in [2.05, 4.69) is 16.0 Å². The Hall–Kier alpha value is -1.84. The Bertz CT molecular complexity index is 680. The minimum Gasteiger partial charge on any atom is -0.450 e. The normalized spacial score (nSPS) is 26.9. The van der Waals surface area contributed by atoms with Crippen molar-refractivity contribution in [1.82, 2.24) is 14.8 Å². The van der Waals surface area contributed by atoms with Crippen LogP contribution in [-0.2, 0) is 10.2 Å². The minimum absolute atomic E-state index is 0.208. The van der Waals surface area contributed by atoms with Gasteiger partial charge < -0.3 is 9.64 Å². The van der Waals surface area contributed by atoms with Crippen LogP contribution in [0.3, 0.4) is 0 Å². The summed E-state index contributed by atoms with van der Waals surface area (Å²) < 4.78 is 5.13. The number of halogens is 1. The fourth-order valence-electron chi connectivity index (χ4n) is 4.24. The van der Waals surface area contributed by atoms with Crippen LogP contribution in [0.1, 0.15) is 44.7 Å². The molecule has 0 radical (unpaired) electrons. The van der Waals surface area contributed by atoms with Gasteiger partial charge in [-0.3, -0.25) is 9.88 Å². The third-order valence-electron chi connectivity index (χ3n) is 5.81. The van der Waals surface area contributed by atoms with Gasteiger partial charge in [-0.2, -0.15) is 5.26 Å². The fourth-order valence-corrected chi connectivity index (χ4v) is 4.36. The van der Waals surface area contributed by atoms with Crippen molar-refractivity contribution in [3.05, 3.63) is 29.0 Å². The predicted molar refractivity (Wildman–Crippen MR) is 104 cm³/mol. The summed E-state index contributed by atoms with van der Waals surface area (Å²) in [5, 5.41) is 10.5. The first kappa shape index (κ1) is 19.9. The lowest BCUT2D eigenvalue weighted by Crippen LogP contribution is -2.44. The van der Waals surface area contributed by atoms with E-state index in [1.165, 1.54) is 0 Å². The Morgan fingerprint density at radius 1 is 1.33 bits per heavy atom. The molecular weight excluding hydrogens is 364 g/mol. The van der Waals surface area contributed by atoms with Gasteiger partial charge in [0.2, 0.25) is 0 Å². The standard InChI is InChI=1S/C20H27ClN4O2/c1-2-27-19(26)25-11-3-10-24(12-13-25)17-6-8-20(15-22,9-7-17)18-5-4-16(21)14-23-18/h4-5,14,17H,2-3,6-13H2,1H3. The summed E-state index contributed by atoms with van der Waals surface area (Å²) in [5.41, 5.74) is 0.321. The third-order valence-corrected chi connectivity index (χ3v) is 6.04. The second kappa shape index (κ2) is 8.90. The van der Waals surface area contributed by atoms with Crippen molar-refractivity contribution in [2.45, 2.75) is 50.5 Å². The van der Waals surface area contributed by atoms with Gasteiger partial charge in [0.15, 0.2) is 0 Å². The molecule has 1 aliphatic carbocycles. The number of amides is 1. The molecule has 0 N–H and O–H groups in total. The zero-order valence-corrected chi connectivity index (χ0v) is 16.6. The van der Waals surface area contributed by atoms with Crippen LogP contribution in [0, 0.1) is 11.3 Å². The van der Waals surface area contributed by atoms with Gasteiger partial charge in [-0.1, -0.05) is 11.6 Å². The average molecular weight is 391 g/mol. The number of aromatic nitrogens is 1. The van der Waals surface area contributed by atoms with Crippen LogP contribution >= 0.6 is 11.6 Å². The minimum atomic E-state index is -0.510. The number of nitriles is 1. The summed E-state index contributed by atoms with van der Waals surface area (Å²) in [4.78, 5) is 20.7. The number of rotatable bonds is 3. The molecule has 2 heterocycles. The number of pyridine rings is 1. The first-order valence-corrected chi connectivity index (χ1v) is 10.1. The van der Waals surface area contributed by atoms with Gasteiger partial charge >= 0.3 is 6.09 Å². The highest BCUT2D eigenvalue weighted by Gasteiger charge is 2.40. The van der Waals surface area contributed by atoms with E-state index >= 15 is 0 Å². The third kappa shape index (κ3) is 4.53. The molecule has 3 rings (SSSR count). The van der Waals surface area contributed by atoms with Gasteiger partial charge in [-0.05, 0) is 51.2 Å². The quantitative estimate of drug-likeness (QED) is 0.788. The fraction of sp³-hybridized carbons (Fsp3) is 0.650. The van der Waals surface area contributed by atoms with Crippen LogP contribution in [0.4, 0.5) is 4.79 Å². The molecule has 1 saturated carbocycles. The topological polar surface area (TPSA) is 69.5 Å². The number of hydrogen-bond donors (Lipinski definition) is 0. The van der Waals surface area contributed by atoms with Gasteiger partial charge in [0.1, 0.15) is 0 Å². The van der Waals surface area contributed by atoms with Crippen LogP contribution in [0.25, 0.3) is 0 Å². The maximum absolute atomic E-state index is 12.0. The summed E-state index contributed by atoms with van der Waals surface area (Å²) in [7, 11) is 0. The molecule has 7 heteroatoms. The first-order chi connectivity index (χ1) is 13.1. The van der Waals surface area contributed by atoms with E-state index < -0.39 is 5.41 Å². The van der Waals surface area contributed by atoms with E-state index in [0.29, 0.717) is 24.2 Å². The lowest BCUT2D eigenvalue weighted by atomic mass is 9.71. The number of nitrogens with zero attached hydrogens (tertiary/aromatic N) is 4. The maximum atomic E-state index is 12.0. The molecule has 0 aromatic carbocycles. The number of ether oxygens (including phenoxy) is 1. The highest BCUT2D eigenvalue weighted by Crippen LogP contribution is 2.40. The van der Waals surface area contributed by atoms with E-state index in [9.17, 15) is 10.1 Å². The second-order valence-corrected chi connectivity index (χ2v) is 7.80. The van der Waals surface area contributed by atoms with Gasteiger partial charge in [-0.25, -0.2) is 4.79 Å². The van der Waals surface area contributed by atoms with Crippen LogP contribution in [-0.4, -0.2) is 59.7 Å². The zero-order chi connectivity index (χ0) is 19.3. The summed E-state index contributed by atoms with van der Waals surface area (Å²) in [6.07, 6.45) is 5.93. The van der Waals surface area contributed by atoms with Crippen LogP contribution in [0.15, 0.2) is 18.3 Å². The molecule has 0 spiro atoms. The molecule has 2 fully saturated rings. The van der Waals surface area contributed by atoms with Crippen molar-refractivity contribution in [2.75, 3.05) is 32.8 Å². The van der Waals surface area contributed by atoms with E-state index in [1.54, 1.807) is 6.20 Å². The monoisotopic (exact) mass is 390 g/mol. The number of hydrogen-bond acceptors (Lipinski definition) is 5. The highest BCUT2D eigenvalue weighted by molar-refractivity contribution is 6.30. The molecule has 2 aliphatic rings. The van der Waals surface area contributed by atoms with E-state index in [1.807, 2.05) is 24.0 Å². The highest BCUT2D eigenvalue weighted by atomic mass is 35.5. The molecule has 1 aromatic rings. The van der Waals surface area contributed by atoms with Crippen molar-refractivity contribution >= 4 is 17.7 Å². The molecule has 0 bridgehead atoms. The lowest BCUT2D eigenvalue weighted by Gasteiger charge is -2.39. The summed E-state index contributed by atoms with van der Waals surface area (Å²) in [6.45, 7) is 5.55. The predicted octanol–water partition coefficient (Wildman–Crippen LogP) is 3.60. The van der Waals surface area contributed by atoms with E-state index in [4.69, 9.17) is 16.3 Å². The molecular formula is C20H27ClN4O2. The van der Waals surface area contributed by atoms with Gasteiger partial charge in [0.25, 0.3) is 0 Å². The largest absolute Gasteiger partial charge is 0.450 e. The number of carbonyl (C=O) groups is 1. The Kier molecular flexibility index (Phi) is 6.56. The Balaban J connectivity index is 1.59. The molecule has 146 valence electrons. The lowest BCUT2D eigenvalue weighted by molar-refractivity contribution is 0.104. The van der Waals surface area contributed by atoms with Crippen LogP contribution in [0.2, 0.25) is 5.02 Å². The Labute approximate surface area is 166 Å². The zero-order valence-electron chi connectivity index (χ0n) is 15.9. The molecule has 6 nitrogen and oxygen atoms in total. The Morgan fingerprint density at radius 3 is 2.74 bits per heavy atom. The molecule has 0 atom stereocenters. The van der Waals surface area contributed by atoms with Gasteiger partial charge in [0.05, 0.1) is 28.8 Å². The summed E-state index contributed by atoms with van der Waals surface area (Å²) in [5.74, 6) is 0. The van der Waals surface area contributed by atoms with Crippen molar-refractivity contribution in [3.8, 4) is 6.07 Å². The second-order valence-electron chi connectivity index (χ2n) is 7.36. The molecule has 1 aliphatic heterocycles. The van der Waals surface area contributed by atoms with Gasteiger partial charge in [-0.15, -0.1) is 0 Å². The molecule has 1 amide bonds. The average Bonchev–Trinajstić information content (AvgIpc) is 2.95. The van der Waals surface area contributed by atoms with Crippen molar-refractivity contribution in [3.63, 3.8) is 0 Å². The Morgan fingerprint density at radius 2 is 2.11 bits per heavy atom. The SMILES string of the molecule is CCOC(=O)N1CCCN(C2CCC(C#N)(c3ccc(Cl)cn3)CC2)CC1. The van der Waals surface area contributed by atoms with E-state index in [0.717, 1.165) is 57.4 Å². The molecule has 1 saturated heterocycles.